The average molecular weight is 276 g/mol. The molecule has 0 amide bonds. The summed E-state index contributed by atoms with van der Waals surface area (Å²) in [6, 6.07) is 9.46. The quantitative estimate of drug-likeness (QED) is 0.863. The second-order valence-corrected chi connectivity index (χ2v) is 5.87. The third kappa shape index (κ3) is 4.22. The summed E-state index contributed by atoms with van der Waals surface area (Å²) >= 11 is 0. The van der Waals surface area contributed by atoms with Crippen molar-refractivity contribution in [3.05, 3.63) is 29.8 Å². The molecule has 3 nitrogen and oxygen atoms in total. The first kappa shape index (κ1) is 15.3. The molecule has 1 aromatic rings. The van der Waals surface area contributed by atoms with Crippen LogP contribution in [0, 0.1) is 0 Å². The van der Waals surface area contributed by atoms with E-state index in [0.717, 1.165) is 18.3 Å². The zero-order valence-electron chi connectivity index (χ0n) is 13.1. The Hall–Kier alpha value is -1.06. The summed E-state index contributed by atoms with van der Waals surface area (Å²) in [6.07, 6.45) is 5.34. The van der Waals surface area contributed by atoms with Crippen molar-refractivity contribution in [1.82, 2.24) is 10.2 Å². The summed E-state index contributed by atoms with van der Waals surface area (Å²) in [5, 5.41) is 3.64. The Morgan fingerprint density at radius 1 is 1.40 bits per heavy atom. The zero-order valence-corrected chi connectivity index (χ0v) is 13.1. The predicted molar refractivity (Wildman–Crippen MR) is 84.3 cm³/mol. The lowest BCUT2D eigenvalue weighted by Crippen LogP contribution is -2.38. The van der Waals surface area contributed by atoms with E-state index < -0.39 is 0 Å². The molecule has 0 aromatic heterocycles. The van der Waals surface area contributed by atoms with Gasteiger partial charge >= 0.3 is 0 Å². The molecule has 0 bridgehead atoms. The second kappa shape index (κ2) is 7.65. The number of piperidine rings is 1. The Morgan fingerprint density at radius 3 is 3.00 bits per heavy atom. The van der Waals surface area contributed by atoms with E-state index in [1.807, 2.05) is 6.07 Å². The van der Waals surface area contributed by atoms with Gasteiger partial charge in [-0.2, -0.15) is 0 Å². The van der Waals surface area contributed by atoms with Gasteiger partial charge in [-0.25, -0.2) is 0 Å². The van der Waals surface area contributed by atoms with Crippen molar-refractivity contribution < 1.29 is 4.74 Å². The topological polar surface area (TPSA) is 24.5 Å². The molecule has 1 aliphatic heterocycles. The molecule has 3 heteroatoms. The minimum absolute atomic E-state index is 0.374. The van der Waals surface area contributed by atoms with Crippen LogP contribution in [0.25, 0.3) is 0 Å². The molecule has 2 rings (SSSR count). The number of hydrogen-bond acceptors (Lipinski definition) is 3. The summed E-state index contributed by atoms with van der Waals surface area (Å²) in [6.45, 7) is 4.56. The van der Waals surface area contributed by atoms with E-state index in [0.29, 0.717) is 6.04 Å². The predicted octanol–water partition coefficient (Wildman–Crippen LogP) is 3.22. The molecule has 1 saturated heterocycles. The van der Waals surface area contributed by atoms with E-state index in [9.17, 15) is 0 Å². The van der Waals surface area contributed by atoms with Crippen molar-refractivity contribution in [3.63, 3.8) is 0 Å². The Kier molecular flexibility index (Phi) is 5.86. The van der Waals surface area contributed by atoms with Gasteiger partial charge in [0.1, 0.15) is 5.75 Å². The van der Waals surface area contributed by atoms with E-state index in [4.69, 9.17) is 4.74 Å². The van der Waals surface area contributed by atoms with Crippen LogP contribution in [-0.2, 0) is 0 Å². The highest BCUT2D eigenvalue weighted by atomic mass is 16.5. The van der Waals surface area contributed by atoms with Gasteiger partial charge in [0.2, 0.25) is 0 Å². The average Bonchev–Trinajstić information content (AvgIpc) is 2.49. The minimum Gasteiger partial charge on any atom is -0.497 e. The van der Waals surface area contributed by atoms with Crippen LogP contribution in [0.2, 0.25) is 0 Å². The summed E-state index contributed by atoms with van der Waals surface area (Å²) in [4.78, 5) is 2.52. The van der Waals surface area contributed by atoms with Crippen LogP contribution in [0.15, 0.2) is 24.3 Å². The number of nitrogens with one attached hydrogen (secondary N) is 1. The lowest BCUT2D eigenvalue weighted by Gasteiger charge is -2.32. The third-order valence-corrected chi connectivity index (χ3v) is 4.44. The Morgan fingerprint density at radius 2 is 2.25 bits per heavy atom. The fraction of sp³-hybridized carbons (Fsp3) is 0.647. The van der Waals surface area contributed by atoms with Gasteiger partial charge in [0, 0.05) is 12.1 Å². The third-order valence-electron chi connectivity index (χ3n) is 4.44. The monoisotopic (exact) mass is 276 g/mol. The Labute approximate surface area is 123 Å². The SMILES string of the molecule is COc1cccc([C@H](C)NCCC2CCCCN2C)c1. The van der Waals surface area contributed by atoms with Gasteiger partial charge in [-0.1, -0.05) is 18.6 Å². The lowest BCUT2D eigenvalue weighted by atomic mass is 10.00. The molecule has 0 saturated carbocycles. The maximum absolute atomic E-state index is 5.28. The first-order valence-electron chi connectivity index (χ1n) is 7.78. The summed E-state index contributed by atoms with van der Waals surface area (Å²) in [7, 11) is 3.98. The fourth-order valence-corrected chi connectivity index (χ4v) is 3.00. The molecule has 20 heavy (non-hydrogen) atoms. The van der Waals surface area contributed by atoms with Crippen LogP contribution in [0.5, 0.6) is 5.75 Å². The smallest absolute Gasteiger partial charge is 0.119 e. The molecule has 1 aromatic carbocycles. The normalized spacial score (nSPS) is 21.6. The summed E-state index contributed by atoms with van der Waals surface area (Å²) in [5.41, 5.74) is 1.29. The van der Waals surface area contributed by atoms with Crippen molar-refractivity contribution >= 4 is 0 Å². The first-order chi connectivity index (χ1) is 9.70. The van der Waals surface area contributed by atoms with Crippen LogP contribution >= 0.6 is 0 Å². The van der Waals surface area contributed by atoms with Gasteiger partial charge in [0.25, 0.3) is 0 Å². The van der Waals surface area contributed by atoms with Crippen molar-refractivity contribution in [3.8, 4) is 5.75 Å². The van der Waals surface area contributed by atoms with E-state index >= 15 is 0 Å². The van der Waals surface area contributed by atoms with Gasteiger partial charge < -0.3 is 15.0 Å². The van der Waals surface area contributed by atoms with Crippen LogP contribution < -0.4 is 10.1 Å². The van der Waals surface area contributed by atoms with Crippen molar-refractivity contribution in [1.29, 1.82) is 0 Å². The highest BCUT2D eigenvalue weighted by Crippen LogP contribution is 2.20. The van der Waals surface area contributed by atoms with Crippen LogP contribution in [0.3, 0.4) is 0 Å². The second-order valence-electron chi connectivity index (χ2n) is 5.87. The molecular weight excluding hydrogens is 248 g/mol. The Balaban J connectivity index is 1.78. The number of rotatable bonds is 6. The number of ether oxygens (including phenoxy) is 1. The number of methoxy groups -OCH3 is 1. The van der Waals surface area contributed by atoms with Crippen LogP contribution in [0.1, 0.15) is 44.2 Å². The lowest BCUT2D eigenvalue weighted by molar-refractivity contribution is 0.174. The molecule has 112 valence electrons. The maximum atomic E-state index is 5.28. The van der Waals surface area contributed by atoms with E-state index in [-0.39, 0.29) is 0 Å². The van der Waals surface area contributed by atoms with Gasteiger partial charge in [0.15, 0.2) is 0 Å². The number of benzene rings is 1. The molecule has 2 atom stereocenters. The van der Waals surface area contributed by atoms with E-state index in [2.05, 4.69) is 42.4 Å². The molecular formula is C17H28N2O. The van der Waals surface area contributed by atoms with Gasteiger partial charge in [-0.15, -0.1) is 0 Å². The van der Waals surface area contributed by atoms with Crippen LogP contribution in [0.4, 0.5) is 0 Å². The molecule has 1 fully saturated rings. The molecule has 0 aliphatic carbocycles. The Bertz CT molecular complexity index is 408. The highest BCUT2D eigenvalue weighted by molar-refractivity contribution is 5.30. The summed E-state index contributed by atoms with van der Waals surface area (Å²) in [5.74, 6) is 0.933. The number of hydrogen-bond donors (Lipinski definition) is 1. The van der Waals surface area contributed by atoms with Crippen LogP contribution in [-0.4, -0.2) is 38.2 Å². The molecule has 0 spiro atoms. The molecule has 1 N–H and O–H groups in total. The molecule has 1 heterocycles. The van der Waals surface area contributed by atoms with Crippen molar-refractivity contribution in [2.75, 3.05) is 27.2 Å². The molecule has 1 unspecified atom stereocenters. The van der Waals surface area contributed by atoms with E-state index in [1.54, 1.807) is 7.11 Å². The number of nitrogens with zero attached hydrogens (tertiary/aromatic N) is 1. The van der Waals surface area contributed by atoms with Gasteiger partial charge in [0.05, 0.1) is 7.11 Å². The number of likely N-dealkylation sites (tertiary alicyclic amines) is 1. The fourth-order valence-electron chi connectivity index (χ4n) is 3.00. The van der Waals surface area contributed by atoms with Gasteiger partial charge in [-0.3, -0.25) is 0 Å². The van der Waals surface area contributed by atoms with Crippen molar-refractivity contribution in [2.24, 2.45) is 0 Å². The summed E-state index contributed by atoms with van der Waals surface area (Å²) < 4.78 is 5.28. The largest absolute Gasteiger partial charge is 0.497 e. The highest BCUT2D eigenvalue weighted by Gasteiger charge is 2.18. The van der Waals surface area contributed by atoms with Crippen molar-refractivity contribution in [2.45, 2.75) is 44.7 Å². The minimum atomic E-state index is 0.374. The molecule has 0 radical (unpaired) electrons. The zero-order chi connectivity index (χ0) is 14.4. The maximum Gasteiger partial charge on any atom is 0.119 e. The van der Waals surface area contributed by atoms with E-state index in [1.165, 1.54) is 37.8 Å². The molecule has 1 aliphatic rings. The first-order valence-corrected chi connectivity index (χ1v) is 7.78. The van der Waals surface area contributed by atoms with Gasteiger partial charge in [-0.05, 0) is 64.0 Å². The standard InChI is InChI=1S/C17H28N2O/c1-14(15-7-6-9-17(13-15)20-3)18-11-10-16-8-4-5-12-19(16)2/h6-7,9,13-14,16,18H,4-5,8,10-12H2,1-3H3/t14-,16?/m0/s1.